The first-order chi connectivity index (χ1) is 11.0. The minimum absolute atomic E-state index is 0.00235. The molecule has 1 saturated heterocycles. The van der Waals surface area contributed by atoms with Crippen molar-refractivity contribution in [3.8, 4) is 0 Å². The summed E-state index contributed by atoms with van der Waals surface area (Å²) in [5, 5.41) is 3.41. The molecule has 1 N–H and O–H groups in total. The van der Waals surface area contributed by atoms with Gasteiger partial charge in [-0.25, -0.2) is 9.97 Å². The molecule has 23 heavy (non-hydrogen) atoms. The highest BCUT2D eigenvalue weighted by Gasteiger charge is 2.19. The Morgan fingerprint density at radius 3 is 2.22 bits per heavy atom. The maximum absolute atomic E-state index is 4.45. The molecule has 0 amide bonds. The van der Waals surface area contributed by atoms with Crippen molar-refractivity contribution >= 4 is 17.3 Å². The van der Waals surface area contributed by atoms with Crippen molar-refractivity contribution in [2.75, 3.05) is 41.3 Å². The molecule has 0 aliphatic carbocycles. The fraction of sp³-hybridized carbons (Fsp3) is 0.444. The summed E-state index contributed by atoms with van der Waals surface area (Å²) in [6, 6.07) is 12.6. The average molecular weight is 311 g/mol. The topological polar surface area (TPSA) is 44.3 Å². The van der Waals surface area contributed by atoms with Crippen molar-refractivity contribution in [1.82, 2.24) is 9.97 Å². The number of anilines is 3. The van der Waals surface area contributed by atoms with E-state index in [0.29, 0.717) is 0 Å². The predicted molar refractivity (Wildman–Crippen MR) is 96.3 cm³/mol. The first kappa shape index (κ1) is 15.6. The molecular formula is C18H25N5. The molecule has 0 radical (unpaired) electrons. The van der Waals surface area contributed by atoms with Crippen LogP contribution in [-0.4, -0.2) is 41.7 Å². The number of nitrogens with one attached hydrogen (secondary N) is 1. The van der Waals surface area contributed by atoms with Crippen molar-refractivity contribution < 1.29 is 0 Å². The van der Waals surface area contributed by atoms with Gasteiger partial charge in [-0.3, -0.25) is 0 Å². The van der Waals surface area contributed by atoms with Crippen LogP contribution in [0.1, 0.15) is 20.8 Å². The van der Waals surface area contributed by atoms with Gasteiger partial charge in [0.15, 0.2) is 0 Å². The highest BCUT2D eigenvalue weighted by Crippen LogP contribution is 2.21. The molecule has 0 bridgehead atoms. The molecule has 5 heteroatoms. The Kier molecular flexibility index (Phi) is 4.37. The van der Waals surface area contributed by atoms with E-state index in [1.807, 2.05) is 6.07 Å². The molecule has 5 nitrogen and oxygen atoms in total. The lowest BCUT2D eigenvalue weighted by Gasteiger charge is -2.36. The van der Waals surface area contributed by atoms with Gasteiger partial charge in [-0.2, -0.15) is 0 Å². The highest BCUT2D eigenvalue weighted by molar-refractivity contribution is 5.52. The zero-order valence-corrected chi connectivity index (χ0v) is 14.2. The molecule has 1 aromatic carbocycles. The predicted octanol–water partition coefficient (Wildman–Crippen LogP) is 3.01. The third-order valence-electron chi connectivity index (χ3n) is 3.88. The van der Waals surface area contributed by atoms with E-state index in [1.54, 1.807) is 6.33 Å². The summed E-state index contributed by atoms with van der Waals surface area (Å²) in [6.07, 6.45) is 1.65. The molecule has 0 atom stereocenters. The van der Waals surface area contributed by atoms with Crippen LogP contribution in [0.2, 0.25) is 0 Å². The molecule has 1 aromatic heterocycles. The number of aromatic nitrogens is 2. The minimum Gasteiger partial charge on any atom is -0.368 e. The van der Waals surface area contributed by atoms with Crippen LogP contribution in [0.3, 0.4) is 0 Å². The van der Waals surface area contributed by atoms with Crippen LogP contribution in [0.15, 0.2) is 42.7 Å². The zero-order valence-electron chi connectivity index (χ0n) is 14.2. The fourth-order valence-corrected chi connectivity index (χ4v) is 2.81. The van der Waals surface area contributed by atoms with Gasteiger partial charge in [0, 0.05) is 43.5 Å². The van der Waals surface area contributed by atoms with Gasteiger partial charge in [0.2, 0.25) is 0 Å². The molecule has 2 aromatic rings. The zero-order chi connectivity index (χ0) is 16.3. The third kappa shape index (κ3) is 4.12. The van der Waals surface area contributed by atoms with E-state index in [9.17, 15) is 0 Å². The van der Waals surface area contributed by atoms with Gasteiger partial charge in [-0.05, 0) is 32.9 Å². The SMILES string of the molecule is CC(C)(C)Nc1cc(N2CCN(c3ccccc3)CC2)ncn1. The maximum atomic E-state index is 4.45. The van der Waals surface area contributed by atoms with Crippen LogP contribution >= 0.6 is 0 Å². The van der Waals surface area contributed by atoms with E-state index < -0.39 is 0 Å². The van der Waals surface area contributed by atoms with Gasteiger partial charge >= 0.3 is 0 Å². The first-order valence-electron chi connectivity index (χ1n) is 8.16. The average Bonchev–Trinajstić information content (AvgIpc) is 2.55. The Morgan fingerprint density at radius 1 is 0.913 bits per heavy atom. The van der Waals surface area contributed by atoms with Crippen molar-refractivity contribution in [1.29, 1.82) is 0 Å². The normalized spacial score (nSPS) is 15.6. The number of rotatable bonds is 3. The minimum atomic E-state index is -0.00235. The molecule has 1 aliphatic heterocycles. The van der Waals surface area contributed by atoms with E-state index >= 15 is 0 Å². The van der Waals surface area contributed by atoms with Crippen LogP contribution in [0.5, 0.6) is 0 Å². The molecule has 3 rings (SSSR count). The number of hydrogen-bond acceptors (Lipinski definition) is 5. The standard InChI is InChI=1S/C18H25N5/c1-18(2,3)21-16-13-17(20-14-19-16)23-11-9-22(10-12-23)15-7-5-4-6-8-15/h4-8,13-14H,9-12H2,1-3H3,(H,19,20,21). The summed E-state index contributed by atoms with van der Waals surface area (Å²) in [6.45, 7) is 10.4. The van der Waals surface area contributed by atoms with Crippen LogP contribution in [0.4, 0.5) is 17.3 Å². The van der Waals surface area contributed by atoms with Crippen LogP contribution in [0, 0.1) is 0 Å². The van der Waals surface area contributed by atoms with Gasteiger partial charge < -0.3 is 15.1 Å². The van der Waals surface area contributed by atoms with Crippen LogP contribution in [-0.2, 0) is 0 Å². The van der Waals surface area contributed by atoms with E-state index in [4.69, 9.17) is 0 Å². The second-order valence-corrected chi connectivity index (χ2v) is 6.95. The number of hydrogen-bond donors (Lipinski definition) is 1. The molecule has 0 unspecified atom stereocenters. The van der Waals surface area contributed by atoms with E-state index in [2.05, 4.69) is 76.2 Å². The quantitative estimate of drug-likeness (QED) is 0.944. The summed E-state index contributed by atoms with van der Waals surface area (Å²) in [4.78, 5) is 13.5. The smallest absolute Gasteiger partial charge is 0.134 e. The number of piperazine rings is 1. The third-order valence-corrected chi connectivity index (χ3v) is 3.88. The second-order valence-electron chi connectivity index (χ2n) is 6.95. The van der Waals surface area contributed by atoms with Crippen molar-refractivity contribution in [3.05, 3.63) is 42.7 Å². The second kappa shape index (κ2) is 6.44. The van der Waals surface area contributed by atoms with Crippen LogP contribution < -0.4 is 15.1 Å². The first-order valence-corrected chi connectivity index (χ1v) is 8.16. The Hall–Kier alpha value is -2.30. The van der Waals surface area contributed by atoms with Crippen molar-refractivity contribution in [2.24, 2.45) is 0 Å². The van der Waals surface area contributed by atoms with Crippen LogP contribution in [0.25, 0.3) is 0 Å². The molecule has 0 saturated carbocycles. The van der Waals surface area contributed by atoms with E-state index in [0.717, 1.165) is 37.8 Å². The maximum Gasteiger partial charge on any atom is 0.134 e. The lowest BCUT2D eigenvalue weighted by Crippen LogP contribution is -2.46. The monoisotopic (exact) mass is 311 g/mol. The summed E-state index contributed by atoms with van der Waals surface area (Å²) >= 11 is 0. The summed E-state index contributed by atoms with van der Waals surface area (Å²) in [7, 11) is 0. The van der Waals surface area contributed by atoms with Gasteiger partial charge in [0.05, 0.1) is 0 Å². The molecule has 122 valence electrons. The van der Waals surface area contributed by atoms with Crippen molar-refractivity contribution in [2.45, 2.75) is 26.3 Å². The summed E-state index contributed by atoms with van der Waals surface area (Å²) in [5.74, 6) is 1.88. The van der Waals surface area contributed by atoms with Crippen molar-refractivity contribution in [3.63, 3.8) is 0 Å². The van der Waals surface area contributed by atoms with E-state index in [1.165, 1.54) is 5.69 Å². The molecular weight excluding hydrogens is 286 g/mol. The molecule has 1 fully saturated rings. The van der Waals surface area contributed by atoms with Gasteiger partial charge in [-0.1, -0.05) is 18.2 Å². The van der Waals surface area contributed by atoms with Gasteiger partial charge in [-0.15, -0.1) is 0 Å². The summed E-state index contributed by atoms with van der Waals surface area (Å²) in [5.41, 5.74) is 1.29. The number of benzene rings is 1. The fourth-order valence-electron chi connectivity index (χ4n) is 2.81. The van der Waals surface area contributed by atoms with E-state index in [-0.39, 0.29) is 5.54 Å². The molecule has 1 aliphatic rings. The largest absolute Gasteiger partial charge is 0.368 e. The highest BCUT2D eigenvalue weighted by atomic mass is 15.3. The Labute approximate surface area is 138 Å². The number of nitrogens with zero attached hydrogens (tertiary/aromatic N) is 4. The molecule has 0 spiro atoms. The Morgan fingerprint density at radius 2 is 1.57 bits per heavy atom. The van der Waals surface area contributed by atoms with Gasteiger partial charge in [0.1, 0.15) is 18.0 Å². The summed E-state index contributed by atoms with van der Waals surface area (Å²) < 4.78 is 0. The lowest BCUT2D eigenvalue weighted by molar-refractivity contribution is 0.627. The van der Waals surface area contributed by atoms with Gasteiger partial charge in [0.25, 0.3) is 0 Å². The lowest BCUT2D eigenvalue weighted by atomic mass is 10.1. The number of para-hydroxylation sites is 1. The Balaban J connectivity index is 1.65. The Bertz CT molecular complexity index is 627. The molecule has 2 heterocycles.